The third-order valence-corrected chi connectivity index (χ3v) is 3.15. The summed E-state index contributed by atoms with van der Waals surface area (Å²) in [4.78, 5) is 0. The van der Waals surface area contributed by atoms with Gasteiger partial charge in [0.2, 0.25) is 0 Å². The second-order valence-electron chi connectivity index (χ2n) is 5.47. The van der Waals surface area contributed by atoms with Gasteiger partial charge in [0.25, 0.3) is 0 Å². The molecule has 0 unspecified atom stereocenters. The first-order chi connectivity index (χ1) is 8.52. The molecule has 0 aromatic carbocycles. The zero-order valence-electron chi connectivity index (χ0n) is 12.3. The summed E-state index contributed by atoms with van der Waals surface area (Å²) in [5.41, 5.74) is 2.48. The average molecular weight is 246 g/mol. The minimum Gasteiger partial charge on any atom is -0.462 e. The van der Waals surface area contributed by atoms with Crippen LogP contribution in [0.15, 0.2) is 28.7 Å². The van der Waals surface area contributed by atoms with Gasteiger partial charge in [0.15, 0.2) is 0 Å². The quantitative estimate of drug-likeness (QED) is 0.445. The van der Waals surface area contributed by atoms with Crippen LogP contribution in [0.3, 0.4) is 0 Å². The molecule has 0 saturated heterocycles. The maximum atomic E-state index is 5.67. The van der Waals surface area contributed by atoms with Gasteiger partial charge >= 0.3 is 0 Å². The van der Waals surface area contributed by atoms with Gasteiger partial charge in [0, 0.05) is 0 Å². The fraction of sp³-hybridized carbons (Fsp3) is 0.529. The Morgan fingerprint density at radius 3 is 2.56 bits per heavy atom. The van der Waals surface area contributed by atoms with E-state index in [0.29, 0.717) is 0 Å². The summed E-state index contributed by atoms with van der Waals surface area (Å²) in [6.07, 6.45) is 9.00. The Kier molecular flexibility index (Phi) is 5.97. The molecule has 1 aromatic rings. The highest BCUT2D eigenvalue weighted by Crippen LogP contribution is 2.20. The Balaban J connectivity index is 2.55. The third kappa shape index (κ3) is 4.95. The smallest absolute Gasteiger partial charge is 0.130 e. The SMILES string of the molecule is C=C/C(=C\c1oc(C)cc1C)CCCCC(C)C. The van der Waals surface area contributed by atoms with Gasteiger partial charge in [-0.05, 0) is 55.9 Å². The van der Waals surface area contributed by atoms with Crippen molar-refractivity contribution in [1.29, 1.82) is 0 Å². The van der Waals surface area contributed by atoms with Crippen molar-refractivity contribution >= 4 is 6.08 Å². The molecule has 1 heteroatoms. The standard InChI is InChI=1S/C17H26O/c1-6-16(10-8-7-9-13(2)3)12-17-14(4)11-15(5)18-17/h6,11-13H,1,7-10H2,2-5H3/b16-12+. The predicted octanol–water partition coefficient (Wildman–Crippen LogP) is 5.68. The number of aryl methyl sites for hydroxylation is 2. The summed E-state index contributed by atoms with van der Waals surface area (Å²) in [7, 11) is 0. The molecule has 18 heavy (non-hydrogen) atoms. The Hall–Kier alpha value is -1.24. The van der Waals surface area contributed by atoms with Crippen LogP contribution in [0.25, 0.3) is 6.08 Å². The first-order valence-electron chi connectivity index (χ1n) is 6.93. The molecule has 0 radical (unpaired) electrons. The summed E-state index contributed by atoms with van der Waals surface area (Å²) in [5.74, 6) is 2.75. The summed E-state index contributed by atoms with van der Waals surface area (Å²) < 4.78 is 5.67. The van der Waals surface area contributed by atoms with E-state index in [1.807, 2.05) is 13.0 Å². The zero-order valence-corrected chi connectivity index (χ0v) is 12.3. The molecule has 1 rings (SSSR count). The fourth-order valence-electron chi connectivity index (χ4n) is 2.09. The van der Waals surface area contributed by atoms with E-state index in [2.05, 4.69) is 39.5 Å². The van der Waals surface area contributed by atoms with E-state index >= 15 is 0 Å². The van der Waals surface area contributed by atoms with Crippen LogP contribution in [0.4, 0.5) is 0 Å². The molecule has 100 valence electrons. The lowest BCUT2D eigenvalue weighted by Crippen LogP contribution is -1.88. The highest BCUT2D eigenvalue weighted by molar-refractivity contribution is 5.54. The van der Waals surface area contributed by atoms with Crippen molar-refractivity contribution in [2.75, 3.05) is 0 Å². The zero-order chi connectivity index (χ0) is 13.5. The van der Waals surface area contributed by atoms with E-state index in [9.17, 15) is 0 Å². The van der Waals surface area contributed by atoms with Crippen molar-refractivity contribution in [2.45, 2.75) is 53.4 Å². The number of furan rings is 1. The monoisotopic (exact) mass is 246 g/mol. The molecular formula is C17H26O. The molecule has 1 aromatic heterocycles. The second-order valence-corrected chi connectivity index (χ2v) is 5.47. The summed E-state index contributed by atoms with van der Waals surface area (Å²) >= 11 is 0. The maximum Gasteiger partial charge on any atom is 0.130 e. The summed E-state index contributed by atoms with van der Waals surface area (Å²) in [6, 6.07) is 2.07. The van der Waals surface area contributed by atoms with Crippen molar-refractivity contribution in [3.63, 3.8) is 0 Å². The van der Waals surface area contributed by atoms with Gasteiger partial charge in [-0.15, -0.1) is 0 Å². The molecule has 0 aliphatic carbocycles. The van der Waals surface area contributed by atoms with Crippen molar-refractivity contribution in [3.05, 3.63) is 41.4 Å². The topological polar surface area (TPSA) is 13.1 Å². The molecule has 0 N–H and O–H groups in total. The Morgan fingerprint density at radius 2 is 2.06 bits per heavy atom. The average Bonchev–Trinajstić information content (AvgIpc) is 2.61. The van der Waals surface area contributed by atoms with Gasteiger partial charge in [-0.1, -0.05) is 39.3 Å². The van der Waals surface area contributed by atoms with E-state index in [1.165, 1.54) is 30.4 Å². The van der Waals surface area contributed by atoms with Gasteiger partial charge in [-0.2, -0.15) is 0 Å². The second kappa shape index (κ2) is 7.25. The number of allylic oxidation sites excluding steroid dienone is 2. The lowest BCUT2D eigenvalue weighted by Gasteiger charge is -2.05. The number of hydrogen-bond donors (Lipinski definition) is 0. The molecule has 0 bridgehead atoms. The van der Waals surface area contributed by atoms with Gasteiger partial charge in [-0.25, -0.2) is 0 Å². The molecule has 1 nitrogen and oxygen atoms in total. The first-order valence-corrected chi connectivity index (χ1v) is 6.93. The maximum absolute atomic E-state index is 5.67. The summed E-state index contributed by atoms with van der Waals surface area (Å²) in [6.45, 7) is 12.5. The Morgan fingerprint density at radius 1 is 1.33 bits per heavy atom. The van der Waals surface area contributed by atoms with Crippen LogP contribution in [-0.2, 0) is 0 Å². The Bertz CT molecular complexity index is 407. The first kappa shape index (κ1) is 14.8. The number of hydrogen-bond acceptors (Lipinski definition) is 1. The normalized spacial score (nSPS) is 12.2. The van der Waals surface area contributed by atoms with Crippen molar-refractivity contribution in [3.8, 4) is 0 Å². The highest BCUT2D eigenvalue weighted by atomic mass is 16.3. The molecule has 0 saturated carbocycles. The van der Waals surface area contributed by atoms with Gasteiger partial charge in [0.1, 0.15) is 11.5 Å². The van der Waals surface area contributed by atoms with Crippen LogP contribution in [-0.4, -0.2) is 0 Å². The van der Waals surface area contributed by atoms with Crippen LogP contribution >= 0.6 is 0 Å². The third-order valence-electron chi connectivity index (χ3n) is 3.15. The largest absolute Gasteiger partial charge is 0.462 e. The van der Waals surface area contributed by atoms with E-state index in [4.69, 9.17) is 4.42 Å². The highest BCUT2D eigenvalue weighted by Gasteiger charge is 2.03. The molecular weight excluding hydrogens is 220 g/mol. The predicted molar refractivity (Wildman–Crippen MR) is 79.7 cm³/mol. The minimum absolute atomic E-state index is 0.802. The lowest BCUT2D eigenvalue weighted by atomic mass is 10.0. The van der Waals surface area contributed by atoms with Crippen molar-refractivity contribution < 1.29 is 4.42 Å². The fourth-order valence-corrected chi connectivity index (χ4v) is 2.09. The van der Waals surface area contributed by atoms with E-state index in [-0.39, 0.29) is 0 Å². The summed E-state index contributed by atoms with van der Waals surface area (Å²) in [5, 5.41) is 0. The van der Waals surface area contributed by atoms with Crippen LogP contribution in [0.2, 0.25) is 0 Å². The lowest BCUT2D eigenvalue weighted by molar-refractivity contribution is 0.522. The molecule has 0 amide bonds. The van der Waals surface area contributed by atoms with Gasteiger partial charge in [0.05, 0.1) is 0 Å². The van der Waals surface area contributed by atoms with Crippen molar-refractivity contribution in [2.24, 2.45) is 5.92 Å². The molecule has 0 atom stereocenters. The number of rotatable bonds is 7. The molecule has 0 spiro atoms. The van der Waals surface area contributed by atoms with Crippen LogP contribution in [0.5, 0.6) is 0 Å². The van der Waals surface area contributed by atoms with Crippen LogP contribution in [0, 0.1) is 19.8 Å². The molecule has 0 aliphatic rings. The van der Waals surface area contributed by atoms with Gasteiger partial charge in [-0.3, -0.25) is 0 Å². The van der Waals surface area contributed by atoms with Gasteiger partial charge < -0.3 is 4.42 Å². The minimum atomic E-state index is 0.802. The van der Waals surface area contributed by atoms with Crippen molar-refractivity contribution in [1.82, 2.24) is 0 Å². The van der Waals surface area contributed by atoms with E-state index < -0.39 is 0 Å². The number of unbranched alkanes of at least 4 members (excludes halogenated alkanes) is 1. The molecule has 0 fully saturated rings. The van der Waals surface area contributed by atoms with E-state index in [0.717, 1.165) is 23.9 Å². The molecule has 0 aliphatic heterocycles. The van der Waals surface area contributed by atoms with Crippen LogP contribution in [0.1, 0.15) is 56.6 Å². The Labute approximate surface area is 112 Å². The molecule has 1 heterocycles. The van der Waals surface area contributed by atoms with Crippen LogP contribution < -0.4 is 0 Å². The van der Waals surface area contributed by atoms with E-state index in [1.54, 1.807) is 0 Å².